The first-order valence-corrected chi connectivity index (χ1v) is 7.41. The molecule has 5 nitrogen and oxygen atoms in total. The summed E-state index contributed by atoms with van der Waals surface area (Å²) in [5.41, 5.74) is 0.678. The fraction of sp³-hybridized carbons (Fsp3) is 0.214. The molecule has 0 saturated heterocycles. The number of hydrogen-bond acceptors (Lipinski definition) is 5. The molecule has 0 aliphatic carbocycles. The fourth-order valence-electron chi connectivity index (χ4n) is 2.20. The number of halogens is 3. The number of imide groups is 1. The summed E-state index contributed by atoms with van der Waals surface area (Å²) in [7, 11) is 0. The lowest BCUT2D eigenvalue weighted by Gasteiger charge is -2.13. The van der Waals surface area contributed by atoms with Crippen LogP contribution in [0.25, 0.3) is 0 Å². The number of carbonyl (C=O) groups excluding carboxylic acids is 2. The number of rotatable bonds is 4. The molecule has 0 atom stereocenters. The van der Waals surface area contributed by atoms with Crippen LogP contribution in [0.1, 0.15) is 25.6 Å². The zero-order valence-corrected chi connectivity index (χ0v) is 12.4. The summed E-state index contributed by atoms with van der Waals surface area (Å²) >= 11 is 0.476. The Hall–Kier alpha value is -2.42. The van der Waals surface area contributed by atoms with E-state index in [4.69, 9.17) is 0 Å². The molecule has 0 unspecified atom stereocenters. The van der Waals surface area contributed by atoms with Crippen molar-refractivity contribution in [2.75, 3.05) is 18.4 Å². The predicted octanol–water partition coefficient (Wildman–Crippen LogP) is 2.87. The number of thiazole rings is 1. The third kappa shape index (κ3) is 2.91. The molecule has 2 heterocycles. The number of nitrogens with zero attached hydrogens (tertiary/aromatic N) is 2. The molecule has 1 aromatic heterocycles. The Labute approximate surface area is 132 Å². The van der Waals surface area contributed by atoms with Crippen LogP contribution in [0.3, 0.4) is 0 Å². The highest BCUT2D eigenvalue weighted by Gasteiger charge is 2.35. The highest BCUT2D eigenvalue weighted by Crippen LogP contribution is 2.34. The van der Waals surface area contributed by atoms with Crippen molar-refractivity contribution in [1.29, 1.82) is 0 Å². The number of alkyl halides is 3. The molecule has 9 heteroatoms. The molecule has 3 rings (SSSR count). The van der Waals surface area contributed by atoms with Gasteiger partial charge in [-0.2, -0.15) is 13.2 Å². The van der Waals surface area contributed by atoms with Gasteiger partial charge < -0.3 is 5.32 Å². The summed E-state index contributed by atoms with van der Waals surface area (Å²) in [5.74, 6) is -0.801. The first kappa shape index (κ1) is 15.5. The van der Waals surface area contributed by atoms with Gasteiger partial charge in [-0.15, -0.1) is 0 Å². The van der Waals surface area contributed by atoms with Crippen molar-refractivity contribution in [3.8, 4) is 0 Å². The molecular formula is C14H10F3N3O2S. The SMILES string of the molecule is O=C1c2ccccc2C(=O)N1CCNc1ncc(C(F)(F)F)s1. The lowest BCUT2D eigenvalue weighted by atomic mass is 10.1. The van der Waals surface area contributed by atoms with Crippen molar-refractivity contribution < 1.29 is 22.8 Å². The highest BCUT2D eigenvalue weighted by molar-refractivity contribution is 7.15. The first-order chi connectivity index (χ1) is 10.9. The van der Waals surface area contributed by atoms with Gasteiger partial charge in [0.2, 0.25) is 0 Å². The third-order valence-electron chi connectivity index (χ3n) is 3.27. The topological polar surface area (TPSA) is 62.3 Å². The van der Waals surface area contributed by atoms with E-state index in [1.54, 1.807) is 24.3 Å². The van der Waals surface area contributed by atoms with E-state index >= 15 is 0 Å². The van der Waals surface area contributed by atoms with E-state index in [1.165, 1.54) is 0 Å². The largest absolute Gasteiger partial charge is 0.427 e. The smallest absolute Gasteiger partial charge is 0.360 e. The van der Waals surface area contributed by atoms with Crippen LogP contribution in [0, 0.1) is 0 Å². The fourth-order valence-corrected chi connectivity index (χ4v) is 2.91. The molecule has 1 aliphatic rings. The van der Waals surface area contributed by atoms with Crippen molar-refractivity contribution in [2.24, 2.45) is 0 Å². The van der Waals surface area contributed by atoms with E-state index in [-0.39, 0.29) is 18.2 Å². The number of fused-ring (bicyclic) bond motifs is 1. The van der Waals surface area contributed by atoms with E-state index in [2.05, 4.69) is 10.3 Å². The molecule has 1 aromatic carbocycles. The molecule has 2 amide bonds. The Morgan fingerprint density at radius 2 is 1.74 bits per heavy atom. The molecule has 23 heavy (non-hydrogen) atoms. The van der Waals surface area contributed by atoms with Crippen molar-refractivity contribution >= 4 is 28.3 Å². The minimum absolute atomic E-state index is 0.0489. The van der Waals surface area contributed by atoms with Gasteiger partial charge in [-0.25, -0.2) is 4.98 Å². The average Bonchev–Trinajstić information content (AvgIpc) is 3.07. The minimum Gasteiger partial charge on any atom is -0.360 e. The van der Waals surface area contributed by atoms with Gasteiger partial charge in [-0.1, -0.05) is 23.5 Å². The van der Waals surface area contributed by atoms with Gasteiger partial charge in [0.25, 0.3) is 11.8 Å². The summed E-state index contributed by atoms with van der Waals surface area (Å²) in [6, 6.07) is 6.47. The zero-order valence-electron chi connectivity index (χ0n) is 11.6. The lowest BCUT2D eigenvalue weighted by Crippen LogP contribution is -2.34. The maximum absolute atomic E-state index is 12.5. The average molecular weight is 341 g/mol. The summed E-state index contributed by atoms with van der Waals surface area (Å²) in [6.07, 6.45) is -3.69. The summed E-state index contributed by atoms with van der Waals surface area (Å²) < 4.78 is 37.4. The Morgan fingerprint density at radius 3 is 2.26 bits per heavy atom. The van der Waals surface area contributed by atoms with Crippen LogP contribution in [0.2, 0.25) is 0 Å². The molecule has 2 aromatic rings. The number of nitrogens with one attached hydrogen (secondary N) is 1. The number of hydrogen-bond donors (Lipinski definition) is 1. The highest BCUT2D eigenvalue weighted by atomic mass is 32.1. The van der Waals surface area contributed by atoms with Gasteiger partial charge in [0.15, 0.2) is 5.13 Å². The van der Waals surface area contributed by atoms with Gasteiger partial charge in [0.1, 0.15) is 4.88 Å². The maximum Gasteiger partial charge on any atom is 0.427 e. The second-order valence-corrected chi connectivity index (χ2v) is 5.79. The van der Waals surface area contributed by atoms with Gasteiger partial charge in [0, 0.05) is 13.1 Å². The van der Waals surface area contributed by atoms with Gasteiger partial charge >= 0.3 is 6.18 Å². The van der Waals surface area contributed by atoms with Gasteiger partial charge in [-0.3, -0.25) is 14.5 Å². The van der Waals surface area contributed by atoms with E-state index in [9.17, 15) is 22.8 Å². The second-order valence-electron chi connectivity index (χ2n) is 4.76. The quantitative estimate of drug-likeness (QED) is 0.869. The van der Waals surface area contributed by atoms with Crippen LogP contribution >= 0.6 is 11.3 Å². The van der Waals surface area contributed by atoms with E-state index in [0.717, 1.165) is 11.1 Å². The van der Waals surface area contributed by atoms with Crippen molar-refractivity contribution in [3.05, 3.63) is 46.5 Å². The summed E-state index contributed by atoms with van der Waals surface area (Å²) in [6.45, 7) is 0.170. The number of anilines is 1. The second kappa shape index (κ2) is 5.65. The van der Waals surface area contributed by atoms with Crippen LogP contribution in [-0.2, 0) is 6.18 Å². The van der Waals surface area contributed by atoms with Crippen LogP contribution in [0.5, 0.6) is 0 Å². The summed E-state index contributed by atoms with van der Waals surface area (Å²) in [5, 5.41) is 2.78. The van der Waals surface area contributed by atoms with E-state index in [1.807, 2.05) is 0 Å². The molecular weight excluding hydrogens is 331 g/mol. The molecule has 1 aliphatic heterocycles. The van der Waals surface area contributed by atoms with Crippen LogP contribution in [0.15, 0.2) is 30.5 Å². The Balaban J connectivity index is 1.61. The maximum atomic E-state index is 12.5. The molecule has 0 spiro atoms. The Kier molecular flexibility index (Phi) is 3.80. The lowest BCUT2D eigenvalue weighted by molar-refractivity contribution is -0.134. The molecule has 0 radical (unpaired) electrons. The molecule has 0 fully saturated rings. The first-order valence-electron chi connectivity index (χ1n) is 6.60. The van der Waals surface area contributed by atoms with Crippen LogP contribution in [0.4, 0.5) is 18.3 Å². The molecule has 0 bridgehead atoms. The Bertz CT molecular complexity index is 738. The predicted molar refractivity (Wildman–Crippen MR) is 77.4 cm³/mol. The number of aromatic nitrogens is 1. The van der Waals surface area contributed by atoms with E-state index in [0.29, 0.717) is 22.5 Å². The van der Waals surface area contributed by atoms with Gasteiger partial charge in [0.05, 0.1) is 17.3 Å². The van der Waals surface area contributed by atoms with E-state index < -0.39 is 22.9 Å². The molecule has 120 valence electrons. The van der Waals surface area contributed by atoms with Crippen molar-refractivity contribution in [2.45, 2.75) is 6.18 Å². The monoisotopic (exact) mass is 341 g/mol. The normalized spacial score (nSPS) is 14.3. The number of benzene rings is 1. The Morgan fingerprint density at radius 1 is 1.13 bits per heavy atom. The standard InChI is InChI=1S/C14H10F3N3O2S/c15-14(16,17)10-7-19-13(23-10)18-5-6-20-11(21)8-3-1-2-4-9(8)12(20)22/h1-4,7H,5-6H2,(H,18,19). The van der Waals surface area contributed by atoms with Crippen LogP contribution < -0.4 is 5.32 Å². The van der Waals surface area contributed by atoms with Crippen molar-refractivity contribution in [3.63, 3.8) is 0 Å². The molecule has 1 N–H and O–H groups in total. The zero-order chi connectivity index (χ0) is 16.6. The summed E-state index contributed by atoms with van der Waals surface area (Å²) in [4.78, 5) is 28.1. The van der Waals surface area contributed by atoms with Crippen LogP contribution in [-0.4, -0.2) is 34.8 Å². The minimum atomic E-state index is -4.43. The van der Waals surface area contributed by atoms with Gasteiger partial charge in [-0.05, 0) is 12.1 Å². The third-order valence-corrected chi connectivity index (χ3v) is 4.27. The number of amides is 2. The molecule has 0 saturated carbocycles. The number of carbonyl (C=O) groups is 2. The van der Waals surface area contributed by atoms with Crippen molar-refractivity contribution in [1.82, 2.24) is 9.88 Å².